The fourth-order valence-corrected chi connectivity index (χ4v) is 1.88. The van der Waals surface area contributed by atoms with E-state index in [2.05, 4.69) is 9.97 Å². The second-order valence-corrected chi connectivity index (χ2v) is 4.45. The van der Waals surface area contributed by atoms with Gasteiger partial charge in [0.05, 0.1) is 18.5 Å². The predicted octanol–water partition coefficient (Wildman–Crippen LogP) is 3.15. The zero-order valence-electron chi connectivity index (χ0n) is 11.4. The van der Waals surface area contributed by atoms with Gasteiger partial charge in [0.2, 0.25) is 0 Å². The van der Waals surface area contributed by atoms with Crippen LogP contribution >= 0.6 is 0 Å². The molecule has 0 radical (unpaired) electrons. The molecule has 0 unspecified atom stereocenters. The lowest BCUT2D eigenvalue weighted by Gasteiger charge is -2.07. The van der Waals surface area contributed by atoms with Crippen molar-refractivity contribution in [3.05, 3.63) is 47.8 Å². The van der Waals surface area contributed by atoms with Gasteiger partial charge in [0, 0.05) is 24.4 Å². The number of Topliss-reactive ketones (excluding diaryl/α,β-unsaturated/α-hetero) is 1. The Hall–Kier alpha value is -2.17. The van der Waals surface area contributed by atoms with E-state index in [-0.39, 0.29) is 11.3 Å². The maximum atomic E-state index is 13.7. The fraction of sp³-hybridized carbons (Fsp3) is 0.333. The molecule has 4 nitrogen and oxygen atoms in total. The van der Waals surface area contributed by atoms with Gasteiger partial charge in [-0.05, 0) is 25.0 Å². The van der Waals surface area contributed by atoms with Crippen LogP contribution in [0.1, 0.15) is 35.8 Å². The van der Waals surface area contributed by atoms with Crippen molar-refractivity contribution in [1.29, 1.82) is 0 Å². The van der Waals surface area contributed by atoms with E-state index in [9.17, 15) is 9.18 Å². The van der Waals surface area contributed by atoms with Gasteiger partial charge >= 0.3 is 0 Å². The molecule has 0 aliphatic rings. The number of hydrogen-bond donors (Lipinski definition) is 1. The topological polar surface area (TPSA) is 55.0 Å². The number of aromatic amines is 1. The summed E-state index contributed by atoms with van der Waals surface area (Å²) in [6.07, 6.45) is 5.33. The lowest BCUT2D eigenvalue weighted by atomic mass is 10.1. The van der Waals surface area contributed by atoms with Gasteiger partial charge in [0.25, 0.3) is 0 Å². The van der Waals surface area contributed by atoms with E-state index in [1.807, 2.05) is 0 Å². The number of carbonyl (C=O) groups excluding carboxylic acids is 1. The minimum absolute atomic E-state index is 0.123. The average molecular weight is 276 g/mol. The highest BCUT2D eigenvalue weighted by Gasteiger charge is 2.10. The Morgan fingerprint density at radius 2 is 2.30 bits per heavy atom. The Morgan fingerprint density at radius 1 is 1.45 bits per heavy atom. The molecule has 2 rings (SSSR count). The summed E-state index contributed by atoms with van der Waals surface area (Å²) in [6, 6.07) is 4.37. The average Bonchev–Trinajstić information content (AvgIpc) is 2.96. The van der Waals surface area contributed by atoms with Crippen molar-refractivity contribution in [2.24, 2.45) is 0 Å². The molecule has 0 atom stereocenters. The number of aryl methyl sites for hydroxylation is 1. The van der Waals surface area contributed by atoms with Crippen LogP contribution in [0.15, 0.2) is 30.7 Å². The lowest BCUT2D eigenvalue weighted by Crippen LogP contribution is -2.03. The number of ketones is 1. The van der Waals surface area contributed by atoms with Crippen LogP contribution < -0.4 is 4.74 Å². The van der Waals surface area contributed by atoms with E-state index in [4.69, 9.17) is 4.74 Å². The molecule has 1 heterocycles. The van der Waals surface area contributed by atoms with Gasteiger partial charge < -0.3 is 9.72 Å². The molecule has 0 amide bonds. The van der Waals surface area contributed by atoms with Gasteiger partial charge in [-0.25, -0.2) is 9.37 Å². The van der Waals surface area contributed by atoms with Crippen molar-refractivity contribution in [2.75, 3.05) is 6.61 Å². The molecule has 0 aliphatic heterocycles. The minimum atomic E-state index is -0.525. The molecule has 106 valence electrons. The number of aromatic nitrogens is 2. The SMILES string of the molecule is CCC(=O)c1ccc(OCCCc2cnc[nH]2)cc1F. The predicted molar refractivity (Wildman–Crippen MR) is 73.4 cm³/mol. The molecule has 0 saturated heterocycles. The zero-order chi connectivity index (χ0) is 14.4. The van der Waals surface area contributed by atoms with Crippen molar-refractivity contribution in [3.63, 3.8) is 0 Å². The lowest BCUT2D eigenvalue weighted by molar-refractivity contribution is 0.0984. The molecule has 1 N–H and O–H groups in total. The molecule has 1 aromatic heterocycles. The number of hydrogen-bond acceptors (Lipinski definition) is 3. The van der Waals surface area contributed by atoms with Crippen molar-refractivity contribution < 1.29 is 13.9 Å². The Kier molecular flexibility index (Phi) is 4.87. The van der Waals surface area contributed by atoms with Crippen molar-refractivity contribution in [3.8, 4) is 5.75 Å². The third-order valence-electron chi connectivity index (χ3n) is 2.98. The van der Waals surface area contributed by atoms with Crippen LogP contribution in [0.5, 0.6) is 5.75 Å². The third kappa shape index (κ3) is 3.66. The van der Waals surface area contributed by atoms with E-state index >= 15 is 0 Å². The van der Waals surface area contributed by atoms with Gasteiger partial charge in [-0.15, -0.1) is 0 Å². The Labute approximate surface area is 117 Å². The number of rotatable bonds is 7. The van der Waals surface area contributed by atoms with Crippen LogP contribution in [0.25, 0.3) is 0 Å². The number of H-pyrrole nitrogens is 1. The number of carbonyl (C=O) groups is 1. The van der Waals surface area contributed by atoms with Gasteiger partial charge in [-0.3, -0.25) is 4.79 Å². The van der Waals surface area contributed by atoms with Crippen LogP contribution in [0.2, 0.25) is 0 Å². The van der Waals surface area contributed by atoms with Crippen molar-refractivity contribution in [2.45, 2.75) is 26.2 Å². The van der Waals surface area contributed by atoms with Gasteiger partial charge in [-0.2, -0.15) is 0 Å². The summed E-state index contributed by atoms with van der Waals surface area (Å²) in [5.74, 6) is -0.282. The van der Waals surface area contributed by atoms with E-state index in [0.717, 1.165) is 18.5 Å². The first-order valence-corrected chi connectivity index (χ1v) is 6.63. The highest BCUT2D eigenvalue weighted by Crippen LogP contribution is 2.18. The number of nitrogens with zero attached hydrogens (tertiary/aromatic N) is 1. The van der Waals surface area contributed by atoms with E-state index < -0.39 is 5.82 Å². The highest BCUT2D eigenvalue weighted by molar-refractivity contribution is 5.96. The fourth-order valence-electron chi connectivity index (χ4n) is 1.88. The minimum Gasteiger partial charge on any atom is -0.493 e. The molecule has 0 fully saturated rings. The first-order valence-electron chi connectivity index (χ1n) is 6.63. The Morgan fingerprint density at radius 3 is 2.95 bits per heavy atom. The summed E-state index contributed by atoms with van der Waals surface area (Å²) < 4.78 is 19.2. The summed E-state index contributed by atoms with van der Waals surface area (Å²) in [5.41, 5.74) is 1.17. The molecule has 0 aliphatic carbocycles. The normalized spacial score (nSPS) is 10.5. The van der Waals surface area contributed by atoms with Crippen LogP contribution in [-0.4, -0.2) is 22.4 Å². The first-order chi connectivity index (χ1) is 9.70. The summed E-state index contributed by atoms with van der Waals surface area (Å²) in [7, 11) is 0. The molecule has 0 spiro atoms. The van der Waals surface area contributed by atoms with Gasteiger partial charge in [-0.1, -0.05) is 6.92 Å². The van der Waals surface area contributed by atoms with Gasteiger partial charge in [0.1, 0.15) is 11.6 Å². The number of nitrogens with one attached hydrogen (secondary N) is 1. The second-order valence-electron chi connectivity index (χ2n) is 4.45. The van der Waals surface area contributed by atoms with E-state index in [1.165, 1.54) is 12.1 Å². The molecule has 0 saturated carbocycles. The smallest absolute Gasteiger partial charge is 0.165 e. The maximum absolute atomic E-state index is 13.7. The van der Waals surface area contributed by atoms with Crippen LogP contribution in [0.4, 0.5) is 4.39 Å². The highest BCUT2D eigenvalue weighted by atomic mass is 19.1. The summed E-state index contributed by atoms with van der Waals surface area (Å²) in [4.78, 5) is 18.4. The zero-order valence-corrected chi connectivity index (χ0v) is 11.4. The first kappa shape index (κ1) is 14.2. The number of benzene rings is 1. The molecule has 1 aromatic carbocycles. The Bertz CT molecular complexity index is 567. The largest absolute Gasteiger partial charge is 0.493 e. The van der Waals surface area contributed by atoms with E-state index in [1.54, 1.807) is 25.5 Å². The summed E-state index contributed by atoms with van der Waals surface area (Å²) in [6.45, 7) is 2.20. The van der Waals surface area contributed by atoms with Crippen LogP contribution in [0.3, 0.4) is 0 Å². The summed E-state index contributed by atoms with van der Waals surface area (Å²) in [5, 5.41) is 0. The number of halogens is 1. The van der Waals surface area contributed by atoms with Gasteiger partial charge in [0.15, 0.2) is 5.78 Å². The number of imidazole rings is 1. The molecule has 0 bridgehead atoms. The Balaban J connectivity index is 1.84. The number of ether oxygens (including phenoxy) is 1. The van der Waals surface area contributed by atoms with E-state index in [0.29, 0.717) is 18.8 Å². The van der Waals surface area contributed by atoms with Crippen molar-refractivity contribution in [1.82, 2.24) is 9.97 Å². The standard InChI is InChI=1S/C15H17FN2O2/c1-2-15(19)13-6-5-12(8-14(13)16)20-7-3-4-11-9-17-10-18-11/h5-6,8-10H,2-4,7H2,1H3,(H,17,18). The summed E-state index contributed by atoms with van der Waals surface area (Å²) >= 11 is 0. The second kappa shape index (κ2) is 6.84. The molecular weight excluding hydrogens is 259 g/mol. The maximum Gasteiger partial charge on any atom is 0.165 e. The molecular formula is C15H17FN2O2. The third-order valence-corrected chi connectivity index (χ3v) is 2.98. The molecule has 2 aromatic rings. The monoisotopic (exact) mass is 276 g/mol. The molecule has 20 heavy (non-hydrogen) atoms. The van der Waals surface area contributed by atoms with Crippen molar-refractivity contribution >= 4 is 5.78 Å². The van der Waals surface area contributed by atoms with Crippen LogP contribution in [0, 0.1) is 5.82 Å². The van der Waals surface area contributed by atoms with Crippen LogP contribution in [-0.2, 0) is 6.42 Å². The quantitative estimate of drug-likeness (QED) is 0.624. The molecule has 5 heteroatoms.